The van der Waals surface area contributed by atoms with Crippen molar-refractivity contribution >= 4 is 0 Å². The molecule has 96 valence electrons. The molecule has 4 heteroatoms. The van der Waals surface area contributed by atoms with Gasteiger partial charge < -0.3 is 10.5 Å². The number of rotatable bonds is 6. The van der Waals surface area contributed by atoms with Crippen molar-refractivity contribution in [2.45, 2.75) is 26.5 Å². The zero-order valence-electron chi connectivity index (χ0n) is 10.7. The van der Waals surface area contributed by atoms with E-state index in [2.05, 4.69) is 5.10 Å². The first kappa shape index (κ1) is 12.6. The highest BCUT2D eigenvalue weighted by molar-refractivity contribution is 5.24. The molecule has 4 nitrogen and oxygen atoms in total. The first-order valence-corrected chi connectivity index (χ1v) is 6.20. The second kappa shape index (κ2) is 6.21. The maximum atomic E-state index is 5.77. The molecule has 0 saturated heterocycles. The number of nitrogens with zero attached hydrogens (tertiary/aromatic N) is 2. The molecule has 0 amide bonds. The number of ether oxygens (including phenoxy) is 1. The molecule has 0 aliphatic heterocycles. The largest absolute Gasteiger partial charge is 0.485 e. The van der Waals surface area contributed by atoms with Crippen LogP contribution in [0.4, 0.5) is 0 Å². The molecule has 1 aromatic heterocycles. The fourth-order valence-electron chi connectivity index (χ4n) is 1.74. The molecule has 2 rings (SSSR count). The molecule has 1 heterocycles. The Kier molecular flexibility index (Phi) is 4.36. The van der Waals surface area contributed by atoms with Crippen molar-refractivity contribution in [3.63, 3.8) is 0 Å². The van der Waals surface area contributed by atoms with Gasteiger partial charge >= 0.3 is 0 Å². The number of nitrogens with two attached hydrogens (primary N) is 1. The van der Waals surface area contributed by atoms with Gasteiger partial charge in [-0.2, -0.15) is 5.10 Å². The van der Waals surface area contributed by atoms with Gasteiger partial charge in [0.05, 0.1) is 6.20 Å². The molecule has 0 unspecified atom stereocenters. The van der Waals surface area contributed by atoms with Crippen LogP contribution in [-0.4, -0.2) is 16.3 Å². The molecule has 0 bridgehead atoms. The predicted molar refractivity (Wildman–Crippen MR) is 71.4 cm³/mol. The Balaban J connectivity index is 1.95. The average Bonchev–Trinajstić information content (AvgIpc) is 2.76. The van der Waals surface area contributed by atoms with Gasteiger partial charge in [0.25, 0.3) is 0 Å². The van der Waals surface area contributed by atoms with Crippen molar-refractivity contribution in [1.82, 2.24) is 9.78 Å². The van der Waals surface area contributed by atoms with Crippen molar-refractivity contribution < 1.29 is 4.74 Å². The summed E-state index contributed by atoms with van der Waals surface area (Å²) in [7, 11) is 0. The molecule has 0 fully saturated rings. The summed E-state index contributed by atoms with van der Waals surface area (Å²) in [5.74, 6) is 0.843. The van der Waals surface area contributed by atoms with Crippen LogP contribution >= 0.6 is 0 Å². The molecule has 0 atom stereocenters. The minimum Gasteiger partial charge on any atom is -0.485 e. The van der Waals surface area contributed by atoms with Crippen LogP contribution in [0.15, 0.2) is 36.5 Å². The third-order valence-electron chi connectivity index (χ3n) is 2.73. The summed E-state index contributed by atoms with van der Waals surface area (Å²) >= 11 is 0. The van der Waals surface area contributed by atoms with Gasteiger partial charge in [0, 0.05) is 6.54 Å². The normalized spacial score (nSPS) is 10.6. The first-order valence-electron chi connectivity index (χ1n) is 6.20. The molecule has 0 spiro atoms. The van der Waals surface area contributed by atoms with Crippen LogP contribution in [0.25, 0.3) is 0 Å². The van der Waals surface area contributed by atoms with E-state index in [0.717, 1.165) is 30.0 Å². The minimum absolute atomic E-state index is 0.574. The molecule has 2 aromatic rings. The zero-order valence-corrected chi connectivity index (χ0v) is 10.7. The van der Waals surface area contributed by atoms with E-state index in [0.29, 0.717) is 13.2 Å². The first-order chi connectivity index (χ1) is 8.79. The van der Waals surface area contributed by atoms with Crippen LogP contribution in [0.5, 0.6) is 5.75 Å². The maximum Gasteiger partial charge on any atom is 0.160 e. The fourth-order valence-corrected chi connectivity index (χ4v) is 1.74. The Morgan fingerprint density at radius 2 is 2.06 bits per heavy atom. The van der Waals surface area contributed by atoms with Crippen molar-refractivity contribution in [2.75, 3.05) is 6.54 Å². The van der Waals surface area contributed by atoms with Gasteiger partial charge in [-0.3, -0.25) is 4.68 Å². The molecule has 0 saturated carbocycles. The van der Waals surface area contributed by atoms with Gasteiger partial charge in [-0.15, -0.1) is 0 Å². The second-order valence-electron chi connectivity index (χ2n) is 4.26. The average molecular weight is 245 g/mol. The molecule has 0 aliphatic rings. The number of benzene rings is 1. The maximum absolute atomic E-state index is 5.77. The molecule has 0 radical (unpaired) electrons. The minimum atomic E-state index is 0.574. The van der Waals surface area contributed by atoms with Crippen LogP contribution in [0.1, 0.15) is 17.7 Å². The van der Waals surface area contributed by atoms with E-state index < -0.39 is 0 Å². The third kappa shape index (κ3) is 3.34. The summed E-state index contributed by atoms with van der Waals surface area (Å²) in [4.78, 5) is 0. The summed E-state index contributed by atoms with van der Waals surface area (Å²) in [5.41, 5.74) is 7.56. The standard InChI is InChI=1S/C14H19N3O/c1-12-14(10-17(16-12)9-5-8-15)18-11-13-6-3-2-4-7-13/h2-4,6-7,10H,5,8-9,11,15H2,1H3. The van der Waals surface area contributed by atoms with Crippen LogP contribution in [0, 0.1) is 6.92 Å². The highest BCUT2D eigenvalue weighted by atomic mass is 16.5. The number of aryl methyl sites for hydroxylation is 2. The lowest BCUT2D eigenvalue weighted by Crippen LogP contribution is -2.06. The lowest BCUT2D eigenvalue weighted by atomic mass is 10.2. The Hall–Kier alpha value is -1.81. The van der Waals surface area contributed by atoms with Crippen LogP contribution < -0.4 is 10.5 Å². The molecule has 2 N–H and O–H groups in total. The van der Waals surface area contributed by atoms with Crippen molar-refractivity contribution in [3.8, 4) is 5.75 Å². The monoisotopic (exact) mass is 245 g/mol. The summed E-state index contributed by atoms with van der Waals surface area (Å²) in [6.07, 6.45) is 2.87. The molecule has 0 aliphatic carbocycles. The number of hydrogen-bond acceptors (Lipinski definition) is 3. The Morgan fingerprint density at radius 1 is 1.28 bits per heavy atom. The SMILES string of the molecule is Cc1nn(CCCN)cc1OCc1ccccc1. The highest BCUT2D eigenvalue weighted by Gasteiger charge is 2.05. The summed E-state index contributed by atoms with van der Waals surface area (Å²) in [6, 6.07) is 10.1. The van der Waals surface area contributed by atoms with E-state index in [1.54, 1.807) is 0 Å². The van der Waals surface area contributed by atoms with Gasteiger partial charge in [0.1, 0.15) is 12.3 Å². The summed E-state index contributed by atoms with van der Waals surface area (Å²) in [5, 5.41) is 4.40. The van der Waals surface area contributed by atoms with E-state index in [1.807, 2.05) is 48.1 Å². The lowest BCUT2D eigenvalue weighted by Gasteiger charge is -2.04. The van der Waals surface area contributed by atoms with Gasteiger partial charge in [0.15, 0.2) is 5.75 Å². The van der Waals surface area contributed by atoms with E-state index in [-0.39, 0.29) is 0 Å². The zero-order chi connectivity index (χ0) is 12.8. The number of aromatic nitrogens is 2. The third-order valence-corrected chi connectivity index (χ3v) is 2.73. The van der Waals surface area contributed by atoms with E-state index in [4.69, 9.17) is 10.5 Å². The van der Waals surface area contributed by atoms with E-state index >= 15 is 0 Å². The second-order valence-corrected chi connectivity index (χ2v) is 4.26. The van der Waals surface area contributed by atoms with E-state index in [9.17, 15) is 0 Å². The van der Waals surface area contributed by atoms with Crippen LogP contribution in [0.2, 0.25) is 0 Å². The van der Waals surface area contributed by atoms with Crippen molar-refractivity contribution in [2.24, 2.45) is 5.73 Å². The smallest absolute Gasteiger partial charge is 0.160 e. The Morgan fingerprint density at radius 3 is 2.78 bits per heavy atom. The molecular formula is C14H19N3O. The Bertz CT molecular complexity index is 479. The van der Waals surface area contributed by atoms with Crippen LogP contribution in [-0.2, 0) is 13.2 Å². The number of hydrogen-bond donors (Lipinski definition) is 1. The van der Waals surface area contributed by atoms with Crippen molar-refractivity contribution in [1.29, 1.82) is 0 Å². The topological polar surface area (TPSA) is 53.1 Å². The van der Waals surface area contributed by atoms with Gasteiger partial charge in [-0.1, -0.05) is 30.3 Å². The summed E-state index contributed by atoms with van der Waals surface area (Å²) in [6.45, 7) is 4.05. The van der Waals surface area contributed by atoms with Crippen LogP contribution in [0.3, 0.4) is 0 Å². The predicted octanol–water partition coefficient (Wildman–Crippen LogP) is 2.12. The Labute approximate surface area is 107 Å². The molecular weight excluding hydrogens is 226 g/mol. The lowest BCUT2D eigenvalue weighted by molar-refractivity contribution is 0.303. The van der Waals surface area contributed by atoms with Crippen molar-refractivity contribution in [3.05, 3.63) is 47.8 Å². The molecule has 1 aromatic carbocycles. The van der Waals surface area contributed by atoms with Gasteiger partial charge in [-0.05, 0) is 25.5 Å². The fraction of sp³-hybridized carbons (Fsp3) is 0.357. The highest BCUT2D eigenvalue weighted by Crippen LogP contribution is 2.17. The van der Waals surface area contributed by atoms with Gasteiger partial charge in [-0.25, -0.2) is 0 Å². The summed E-state index contributed by atoms with van der Waals surface area (Å²) < 4.78 is 7.66. The molecule has 18 heavy (non-hydrogen) atoms. The van der Waals surface area contributed by atoms with E-state index in [1.165, 1.54) is 0 Å². The quantitative estimate of drug-likeness (QED) is 0.848. The van der Waals surface area contributed by atoms with Gasteiger partial charge in [0.2, 0.25) is 0 Å².